The third-order valence-corrected chi connectivity index (χ3v) is 4.55. The Balaban J connectivity index is 1.69. The van der Waals surface area contributed by atoms with Gasteiger partial charge in [0.1, 0.15) is 6.34 Å². The van der Waals surface area contributed by atoms with Gasteiger partial charge < -0.3 is 10.2 Å². The standard InChI is InChI=1S/C23H24N4O2/c1-3-22(28)27(4-2)24-17-26-16-8-11-21(26)18-12-14-19(15-13-18)23(29)25-20-9-6-5-7-10-20/h3,5-7,9-15,17H,1,4,8,16H2,2H3,(H,25,29)/b24-17-. The molecule has 2 aromatic carbocycles. The number of likely N-dealkylation sites (N-methyl/N-ethyl adjacent to an activating group) is 1. The molecule has 1 N–H and O–H groups in total. The van der Waals surface area contributed by atoms with E-state index in [4.69, 9.17) is 0 Å². The largest absolute Gasteiger partial charge is 0.330 e. The lowest BCUT2D eigenvalue weighted by Gasteiger charge is -2.19. The van der Waals surface area contributed by atoms with Crippen LogP contribution < -0.4 is 5.32 Å². The number of benzene rings is 2. The molecular formula is C23H24N4O2. The average molecular weight is 388 g/mol. The normalized spacial score (nSPS) is 13.3. The molecule has 29 heavy (non-hydrogen) atoms. The van der Waals surface area contributed by atoms with Gasteiger partial charge >= 0.3 is 0 Å². The quantitative estimate of drug-likeness (QED) is 0.338. The van der Waals surface area contributed by atoms with Crippen LogP contribution in [0.1, 0.15) is 29.3 Å². The van der Waals surface area contributed by atoms with Gasteiger partial charge in [0.2, 0.25) is 0 Å². The summed E-state index contributed by atoms with van der Waals surface area (Å²) in [7, 11) is 0. The molecule has 1 heterocycles. The lowest BCUT2D eigenvalue weighted by atomic mass is 10.1. The van der Waals surface area contributed by atoms with Crippen molar-refractivity contribution in [2.45, 2.75) is 13.3 Å². The van der Waals surface area contributed by atoms with Crippen molar-refractivity contribution in [2.75, 3.05) is 18.4 Å². The van der Waals surface area contributed by atoms with Gasteiger partial charge in [0.05, 0.1) is 0 Å². The summed E-state index contributed by atoms with van der Waals surface area (Å²) in [5.41, 5.74) is 3.34. The van der Waals surface area contributed by atoms with Crippen LogP contribution in [0.5, 0.6) is 0 Å². The van der Waals surface area contributed by atoms with Crippen molar-refractivity contribution in [1.29, 1.82) is 0 Å². The number of carbonyl (C=O) groups is 2. The molecule has 0 fully saturated rings. The maximum atomic E-state index is 12.4. The number of nitrogens with one attached hydrogen (secondary N) is 1. The van der Waals surface area contributed by atoms with Gasteiger partial charge in [-0.3, -0.25) is 9.59 Å². The zero-order valence-electron chi connectivity index (χ0n) is 16.4. The minimum absolute atomic E-state index is 0.150. The summed E-state index contributed by atoms with van der Waals surface area (Å²) in [6, 6.07) is 16.8. The Labute approximate surface area is 170 Å². The van der Waals surface area contributed by atoms with E-state index in [0.29, 0.717) is 12.1 Å². The monoisotopic (exact) mass is 388 g/mol. The van der Waals surface area contributed by atoms with E-state index in [1.807, 2.05) is 66.4 Å². The van der Waals surface area contributed by atoms with Gasteiger partial charge in [0.25, 0.3) is 11.8 Å². The van der Waals surface area contributed by atoms with Gasteiger partial charge in [-0.15, -0.1) is 0 Å². The fraction of sp³-hybridized carbons (Fsp3) is 0.174. The van der Waals surface area contributed by atoms with Crippen molar-refractivity contribution in [3.63, 3.8) is 0 Å². The first kappa shape index (κ1) is 20.1. The Morgan fingerprint density at radius 2 is 1.90 bits per heavy atom. The van der Waals surface area contributed by atoms with Gasteiger partial charge in [0.15, 0.2) is 0 Å². The molecule has 0 saturated carbocycles. The number of carbonyl (C=O) groups excluding carboxylic acids is 2. The molecule has 2 amide bonds. The summed E-state index contributed by atoms with van der Waals surface area (Å²) in [5.74, 6) is -0.384. The van der Waals surface area contributed by atoms with Gasteiger partial charge in [-0.1, -0.05) is 43.0 Å². The number of anilines is 1. The number of nitrogens with zero attached hydrogens (tertiary/aromatic N) is 3. The van der Waals surface area contributed by atoms with Crippen LogP contribution in [0.4, 0.5) is 5.69 Å². The number of hydrogen-bond donors (Lipinski definition) is 1. The molecule has 3 rings (SSSR count). The molecule has 1 aliphatic rings. The third-order valence-electron chi connectivity index (χ3n) is 4.55. The fourth-order valence-electron chi connectivity index (χ4n) is 3.02. The van der Waals surface area contributed by atoms with E-state index in [1.165, 1.54) is 11.1 Å². The molecule has 0 radical (unpaired) electrons. The second-order valence-corrected chi connectivity index (χ2v) is 6.46. The number of amides is 2. The smallest absolute Gasteiger partial charge is 0.266 e. The van der Waals surface area contributed by atoms with Crippen LogP contribution >= 0.6 is 0 Å². The summed E-state index contributed by atoms with van der Waals surface area (Å²) >= 11 is 0. The maximum Gasteiger partial charge on any atom is 0.266 e. The predicted octanol–water partition coefficient (Wildman–Crippen LogP) is 3.96. The second-order valence-electron chi connectivity index (χ2n) is 6.46. The first-order valence-corrected chi connectivity index (χ1v) is 9.54. The summed E-state index contributed by atoms with van der Waals surface area (Å²) < 4.78 is 0. The average Bonchev–Trinajstić information content (AvgIpc) is 3.23. The van der Waals surface area contributed by atoms with Gasteiger partial charge in [-0.05, 0) is 49.2 Å². The van der Waals surface area contributed by atoms with E-state index in [0.717, 1.165) is 29.9 Å². The van der Waals surface area contributed by atoms with Gasteiger partial charge in [-0.25, -0.2) is 5.01 Å². The van der Waals surface area contributed by atoms with Crippen LogP contribution in [0, 0.1) is 0 Å². The van der Waals surface area contributed by atoms with Crippen LogP contribution in [0.25, 0.3) is 5.70 Å². The van der Waals surface area contributed by atoms with E-state index >= 15 is 0 Å². The van der Waals surface area contributed by atoms with E-state index < -0.39 is 0 Å². The molecule has 1 aliphatic heterocycles. The van der Waals surface area contributed by atoms with Crippen molar-refractivity contribution < 1.29 is 9.59 Å². The van der Waals surface area contributed by atoms with Crippen LogP contribution in [0.2, 0.25) is 0 Å². The molecule has 0 spiro atoms. The van der Waals surface area contributed by atoms with Crippen LogP contribution in [-0.2, 0) is 4.79 Å². The number of hydrogen-bond acceptors (Lipinski definition) is 3. The Bertz CT molecular complexity index is 933. The Morgan fingerprint density at radius 1 is 1.17 bits per heavy atom. The highest BCUT2D eigenvalue weighted by molar-refractivity contribution is 6.04. The molecule has 0 bridgehead atoms. The minimum atomic E-state index is -0.234. The first-order chi connectivity index (χ1) is 14.1. The molecule has 0 atom stereocenters. The van der Waals surface area contributed by atoms with Crippen molar-refractivity contribution in [1.82, 2.24) is 9.91 Å². The molecule has 0 saturated heterocycles. The van der Waals surface area contributed by atoms with Crippen molar-refractivity contribution >= 4 is 29.5 Å². The highest BCUT2D eigenvalue weighted by atomic mass is 16.2. The van der Waals surface area contributed by atoms with Crippen LogP contribution in [-0.4, -0.2) is 41.2 Å². The zero-order chi connectivity index (χ0) is 20.6. The van der Waals surface area contributed by atoms with E-state index in [-0.39, 0.29) is 11.8 Å². The molecular weight excluding hydrogens is 364 g/mol. The second kappa shape index (κ2) is 9.50. The summed E-state index contributed by atoms with van der Waals surface area (Å²) in [4.78, 5) is 26.2. The van der Waals surface area contributed by atoms with E-state index in [9.17, 15) is 9.59 Å². The van der Waals surface area contributed by atoms with E-state index in [1.54, 1.807) is 6.34 Å². The molecule has 2 aromatic rings. The molecule has 0 aromatic heterocycles. The first-order valence-electron chi connectivity index (χ1n) is 9.54. The third kappa shape index (κ3) is 4.99. The molecule has 0 aliphatic carbocycles. The molecule has 6 nitrogen and oxygen atoms in total. The number of hydrazone groups is 1. The molecule has 6 heteroatoms. The van der Waals surface area contributed by atoms with Crippen LogP contribution in [0.15, 0.2) is 78.4 Å². The zero-order valence-corrected chi connectivity index (χ0v) is 16.4. The summed E-state index contributed by atoms with van der Waals surface area (Å²) in [5, 5.41) is 8.51. The van der Waals surface area contributed by atoms with Crippen molar-refractivity contribution in [2.24, 2.45) is 5.10 Å². The number of rotatable bonds is 7. The number of para-hydroxylation sites is 1. The van der Waals surface area contributed by atoms with E-state index in [2.05, 4.69) is 23.1 Å². The lowest BCUT2D eigenvalue weighted by Crippen LogP contribution is -2.26. The highest BCUT2D eigenvalue weighted by Gasteiger charge is 2.16. The van der Waals surface area contributed by atoms with Gasteiger partial charge in [-0.2, -0.15) is 5.10 Å². The fourth-order valence-corrected chi connectivity index (χ4v) is 3.02. The molecule has 0 unspecified atom stereocenters. The Morgan fingerprint density at radius 3 is 2.55 bits per heavy atom. The minimum Gasteiger partial charge on any atom is -0.330 e. The molecule has 148 valence electrons. The van der Waals surface area contributed by atoms with Crippen LogP contribution in [0.3, 0.4) is 0 Å². The SMILES string of the molecule is C=CC(=O)N(CC)/N=C\N1CCC=C1c1ccc(C(=O)Nc2ccccc2)cc1. The van der Waals surface area contributed by atoms with Crippen molar-refractivity contribution in [3.05, 3.63) is 84.5 Å². The lowest BCUT2D eigenvalue weighted by molar-refractivity contribution is -0.125. The highest BCUT2D eigenvalue weighted by Crippen LogP contribution is 2.25. The summed E-state index contributed by atoms with van der Waals surface area (Å²) in [6.45, 7) is 6.62. The van der Waals surface area contributed by atoms with Crippen molar-refractivity contribution in [3.8, 4) is 0 Å². The summed E-state index contributed by atoms with van der Waals surface area (Å²) in [6.07, 6.45) is 5.93. The maximum absolute atomic E-state index is 12.4. The Kier molecular flexibility index (Phi) is 6.58. The van der Waals surface area contributed by atoms with Gasteiger partial charge in [0, 0.05) is 30.0 Å². The Hall–Kier alpha value is -3.67. The topological polar surface area (TPSA) is 65.0 Å². The predicted molar refractivity (Wildman–Crippen MR) is 116 cm³/mol.